The van der Waals surface area contributed by atoms with E-state index < -0.39 is 0 Å². The molecule has 0 atom stereocenters. The van der Waals surface area contributed by atoms with Gasteiger partial charge in [-0.3, -0.25) is 14.3 Å². The number of nitrogens with zero attached hydrogens (tertiary/aromatic N) is 5. The van der Waals surface area contributed by atoms with E-state index in [4.69, 9.17) is 4.52 Å². The smallest absolute Gasteiger partial charge is 0.346 e. The molecule has 1 N–H and O–H groups in total. The Morgan fingerprint density at radius 1 is 1.30 bits per heavy atom. The van der Waals surface area contributed by atoms with Crippen LogP contribution >= 0.6 is 0 Å². The quantitative estimate of drug-likeness (QED) is 0.665. The molecule has 0 saturated heterocycles. The zero-order chi connectivity index (χ0) is 19.4. The number of carbonyl (C=O) groups is 1. The molecule has 0 spiro atoms. The van der Waals surface area contributed by atoms with Crippen LogP contribution in [0.3, 0.4) is 0 Å². The number of pyridine rings is 1. The molecule has 3 aromatic heterocycles. The lowest BCUT2D eigenvalue weighted by molar-refractivity contribution is -0.121. The van der Waals surface area contributed by atoms with Crippen molar-refractivity contribution in [3.05, 3.63) is 51.9 Å². The van der Waals surface area contributed by atoms with Crippen LogP contribution in [0.2, 0.25) is 0 Å². The molecule has 3 aromatic rings. The van der Waals surface area contributed by atoms with E-state index in [0.29, 0.717) is 30.9 Å². The molecule has 142 valence electrons. The molecule has 0 aromatic carbocycles. The van der Waals surface area contributed by atoms with E-state index in [1.807, 2.05) is 19.9 Å². The number of nitrogens with one attached hydrogen (secondary N) is 1. The van der Waals surface area contributed by atoms with Crippen molar-refractivity contribution in [2.75, 3.05) is 6.54 Å². The second-order valence-corrected chi connectivity index (χ2v) is 6.26. The van der Waals surface area contributed by atoms with E-state index in [1.165, 1.54) is 9.25 Å². The van der Waals surface area contributed by atoms with E-state index in [2.05, 4.69) is 20.6 Å². The second kappa shape index (κ2) is 7.98. The number of rotatable bonds is 7. The van der Waals surface area contributed by atoms with Crippen LogP contribution < -0.4 is 11.0 Å². The fraction of sp³-hybridized carbons (Fsp3) is 0.389. The van der Waals surface area contributed by atoms with Gasteiger partial charge in [0.25, 0.3) is 0 Å². The van der Waals surface area contributed by atoms with Gasteiger partial charge in [0.15, 0.2) is 5.82 Å². The highest BCUT2D eigenvalue weighted by atomic mass is 16.5. The molecule has 0 aliphatic rings. The summed E-state index contributed by atoms with van der Waals surface area (Å²) in [6, 6.07) is 5.43. The van der Waals surface area contributed by atoms with Crippen LogP contribution in [0.25, 0.3) is 11.5 Å². The summed E-state index contributed by atoms with van der Waals surface area (Å²) in [5.41, 5.74) is 2.15. The SMILES string of the molecule is Cc1noc(C)c1CCC(=O)NCCn1nc(-c2ccccn2)n(C)c1=O. The van der Waals surface area contributed by atoms with Gasteiger partial charge in [-0.1, -0.05) is 11.2 Å². The first-order valence-corrected chi connectivity index (χ1v) is 8.71. The van der Waals surface area contributed by atoms with Gasteiger partial charge in [-0.15, -0.1) is 5.10 Å². The first-order chi connectivity index (χ1) is 13.0. The molecule has 9 nitrogen and oxygen atoms in total. The van der Waals surface area contributed by atoms with Gasteiger partial charge < -0.3 is 9.84 Å². The highest BCUT2D eigenvalue weighted by molar-refractivity contribution is 5.76. The summed E-state index contributed by atoms with van der Waals surface area (Å²) in [6.07, 6.45) is 2.55. The molecule has 0 bridgehead atoms. The molecule has 9 heteroatoms. The van der Waals surface area contributed by atoms with Crippen molar-refractivity contribution in [1.82, 2.24) is 29.8 Å². The number of hydrogen-bond acceptors (Lipinski definition) is 6. The van der Waals surface area contributed by atoms with Crippen molar-refractivity contribution in [2.24, 2.45) is 7.05 Å². The van der Waals surface area contributed by atoms with Crippen molar-refractivity contribution < 1.29 is 9.32 Å². The van der Waals surface area contributed by atoms with Gasteiger partial charge in [-0.05, 0) is 32.4 Å². The van der Waals surface area contributed by atoms with Crippen LogP contribution in [0.15, 0.2) is 33.7 Å². The van der Waals surface area contributed by atoms with E-state index >= 15 is 0 Å². The molecule has 0 saturated carbocycles. The molecule has 3 heterocycles. The summed E-state index contributed by atoms with van der Waals surface area (Å²) in [7, 11) is 1.65. The largest absolute Gasteiger partial charge is 0.361 e. The topological polar surface area (TPSA) is 108 Å². The predicted molar refractivity (Wildman–Crippen MR) is 98.0 cm³/mol. The van der Waals surface area contributed by atoms with Crippen molar-refractivity contribution in [3.63, 3.8) is 0 Å². The Hall–Kier alpha value is -3.23. The van der Waals surface area contributed by atoms with Crippen molar-refractivity contribution in [3.8, 4) is 11.5 Å². The highest BCUT2D eigenvalue weighted by Gasteiger charge is 2.14. The predicted octanol–water partition coefficient (Wildman–Crippen LogP) is 0.998. The van der Waals surface area contributed by atoms with Crippen molar-refractivity contribution in [1.29, 1.82) is 0 Å². The van der Waals surface area contributed by atoms with Crippen LogP contribution in [0.4, 0.5) is 0 Å². The summed E-state index contributed by atoms with van der Waals surface area (Å²) in [5, 5.41) is 11.0. The molecule has 0 radical (unpaired) electrons. The number of aromatic nitrogens is 5. The Labute approximate surface area is 156 Å². The number of aryl methyl sites for hydroxylation is 2. The molecule has 1 amide bonds. The standard InChI is InChI=1S/C18H22N6O3/c1-12-14(13(2)27-22-12)7-8-16(25)20-10-11-24-18(26)23(3)17(21-24)15-6-4-5-9-19-15/h4-6,9H,7-8,10-11H2,1-3H3,(H,20,25). The second-order valence-electron chi connectivity index (χ2n) is 6.26. The van der Waals surface area contributed by atoms with Crippen LogP contribution in [-0.2, 0) is 24.8 Å². The maximum absolute atomic E-state index is 12.3. The maximum atomic E-state index is 12.3. The average molecular weight is 370 g/mol. The van der Waals surface area contributed by atoms with Crippen LogP contribution in [-0.4, -0.2) is 36.9 Å². The Kier molecular flexibility index (Phi) is 5.49. The van der Waals surface area contributed by atoms with Gasteiger partial charge in [0.1, 0.15) is 11.5 Å². The third-order valence-electron chi connectivity index (χ3n) is 4.36. The third-order valence-corrected chi connectivity index (χ3v) is 4.36. The minimum Gasteiger partial charge on any atom is -0.361 e. The van der Waals surface area contributed by atoms with Crippen molar-refractivity contribution in [2.45, 2.75) is 33.2 Å². The molecule has 0 unspecified atom stereocenters. The Morgan fingerprint density at radius 3 is 2.78 bits per heavy atom. The summed E-state index contributed by atoms with van der Waals surface area (Å²) >= 11 is 0. The normalized spacial score (nSPS) is 10.9. The first kappa shape index (κ1) is 18.6. The summed E-state index contributed by atoms with van der Waals surface area (Å²) in [4.78, 5) is 28.6. The average Bonchev–Trinajstić information content (AvgIpc) is 3.14. The Balaban J connectivity index is 1.55. The van der Waals surface area contributed by atoms with Crippen LogP contribution in [0, 0.1) is 13.8 Å². The molecule has 3 rings (SSSR count). The van der Waals surface area contributed by atoms with Crippen molar-refractivity contribution >= 4 is 5.91 Å². The summed E-state index contributed by atoms with van der Waals surface area (Å²) in [6.45, 7) is 4.30. The fourth-order valence-electron chi connectivity index (χ4n) is 2.84. The minimum absolute atomic E-state index is 0.0936. The lowest BCUT2D eigenvalue weighted by Crippen LogP contribution is -2.31. The first-order valence-electron chi connectivity index (χ1n) is 8.71. The van der Waals surface area contributed by atoms with Gasteiger partial charge in [-0.2, -0.15) is 0 Å². The molecule has 0 aliphatic carbocycles. The third kappa shape index (κ3) is 4.13. The fourth-order valence-corrected chi connectivity index (χ4v) is 2.84. The molecule has 0 fully saturated rings. The van der Waals surface area contributed by atoms with E-state index in [-0.39, 0.29) is 18.1 Å². The van der Waals surface area contributed by atoms with Gasteiger partial charge in [0.05, 0.1) is 12.2 Å². The minimum atomic E-state index is -0.249. The van der Waals surface area contributed by atoms with Crippen LogP contribution in [0.1, 0.15) is 23.4 Å². The Morgan fingerprint density at radius 2 is 2.11 bits per heavy atom. The molecule has 0 aliphatic heterocycles. The molecule has 27 heavy (non-hydrogen) atoms. The number of hydrogen-bond donors (Lipinski definition) is 1. The van der Waals surface area contributed by atoms with Gasteiger partial charge in [-0.25, -0.2) is 9.48 Å². The van der Waals surface area contributed by atoms with Gasteiger partial charge in [0, 0.05) is 31.8 Å². The van der Waals surface area contributed by atoms with E-state index in [9.17, 15) is 9.59 Å². The van der Waals surface area contributed by atoms with Crippen LogP contribution in [0.5, 0.6) is 0 Å². The van der Waals surface area contributed by atoms with E-state index in [0.717, 1.165) is 17.0 Å². The Bertz CT molecular complexity index is 967. The van der Waals surface area contributed by atoms with E-state index in [1.54, 1.807) is 25.4 Å². The lowest BCUT2D eigenvalue weighted by Gasteiger charge is -2.04. The lowest BCUT2D eigenvalue weighted by atomic mass is 10.1. The zero-order valence-electron chi connectivity index (χ0n) is 15.6. The summed E-state index contributed by atoms with van der Waals surface area (Å²) < 4.78 is 7.87. The summed E-state index contributed by atoms with van der Waals surface area (Å²) in [5.74, 6) is 1.14. The molecular weight excluding hydrogens is 348 g/mol. The number of amides is 1. The highest BCUT2D eigenvalue weighted by Crippen LogP contribution is 2.14. The van der Waals surface area contributed by atoms with Gasteiger partial charge >= 0.3 is 5.69 Å². The number of carbonyl (C=O) groups excluding carboxylic acids is 1. The maximum Gasteiger partial charge on any atom is 0.346 e. The zero-order valence-corrected chi connectivity index (χ0v) is 15.6. The van der Waals surface area contributed by atoms with Gasteiger partial charge in [0.2, 0.25) is 5.91 Å². The molecular formula is C18H22N6O3. The monoisotopic (exact) mass is 370 g/mol.